The second-order valence-electron chi connectivity index (χ2n) is 7.06. The van der Waals surface area contributed by atoms with Gasteiger partial charge < -0.3 is 9.26 Å². The van der Waals surface area contributed by atoms with Crippen molar-refractivity contribution < 1.29 is 14.1 Å². The van der Waals surface area contributed by atoms with Crippen molar-refractivity contribution in [1.82, 2.24) is 20.2 Å². The largest absolute Gasteiger partial charge is 0.455 e. The number of esters is 1. The van der Waals surface area contributed by atoms with E-state index in [4.69, 9.17) is 9.26 Å². The highest BCUT2D eigenvalue weighted by Crippen LogP contribution is 2.20. The summed E-state index contributed by atoms with van der Waals surface area (Å²) >= 11 is 0. The number of hydrogen-bond donors (Lipinski definition) is 0. The molecule has 7 nitrogen and oxygen atoms in total. The van der Waals surface area contributed by atoms with Crippen LogP contribution in [-0.2, 0) is 17.9 Å². The van der Waals surface area contributed by atoms with Gasteiger partial charge in [0.1, 0.15) is 17.8 Å². The number of aromatic nitrogens is 4. The number of hydrogen-bond acceptors (Lipinski definition) is 6. The minimum absolute atomic E-state index is 0.0435. The molecule has 7 heteroatoms. The van der Waals surface area contributed by atoms with E-state index in [1.807, 2.05) is 71.4 Å². The van der Waals surface area contributed by atoms with Crippen LogP contribution in [0.15, 0.2) is 89.5 Å². The number of para-hydroxylation sites is 1. The zero-order chi connectivity index (χ0) is 21.0. The van der Waals surface area contributed by atoms with E-state index in [0.717, 1.165) is 22.2 Å². The van der Waals surface area contributed by atoms with Gasteiger partial charge in [0.15, 0.2) is 5.76 Å². The van der Waals surface area contributed by atoms with Crippen LogP contribution in [0.1, 0.15) is 21.6 Å². The topological polar surface area (TPSA) is 83.0 Å². The van der Waals surface area contributed by atoms with Gasteiger partial charge in [0.25, 0.3) is 0 Å². The fourth-order valence-corrected chi connectivity index (χ4v) is 3.29. The number of carbonyl (C=O) groups excluding carboxylic acids is 1. The van der Waals surface area contributed by atoms with Gasteiger partial charge in [-0.25, -0.2) is 9.48 Å². The Balaban J connectivity index is 1.21. The van der Waals surface area contributed by atoms with Gasteiger partial charge in [-0.3, -0.25) is 0 Å². The molecule has 0 amide bonds. The van der Waals surface area contributed by atoms with Gasteiger partial charge in [-0.2, -0.15) is 0 Å². The molecule has 0 fully saturated rings. The molecule has 5 rings (SSSR count). The van der Waals surface area contributed by atoms with E-state index in [1.54, 1.807) is 18.2 Å². The van der Waals surface area contributed by atoms with Crippen LogP contribution in [0.25, 0.3) is 22.4 Å². The molecule has 2 aromatic heterocycles. The maximum absolute atomic E-state index is 12.4. The Labute approximate surface area is 177 Å². The van der Waals surface area contributed by atoms with E-state index in [-0.39, 0.29) is 6.61 Å². The summed E-state index contributed by atoms with van der Waals surface area (Å²) < 4.78 is 12.5. The lowest BCUT2D eigenvalue weighted by Gasteiger charge is -2.05. The van der Waals surface area contributed by atoms with Crippen molar-refractivity contribution >= 4 is 17.0 Å². The average Bonchev–Trinajstić information content (AvgIpc) is 3.46. The van der Waals surface area contributed by atoms with Crippen molar-refractivity contribution in [2.45, 2.75) is 13.2 Å². The molecule has 0 radical (unpaired) electrons. The molecule has 31 heavy (non-hydrogen) atoms. The highest BCUT2D eigenvalue weighted by Gasteiger charge is 2.12. The highest BCUT2D eigenvalue weighted by molar-refractivity contribution is 5.89. The molecular formula is C24H18N4O3. The average molecular weight is 410 g/mol. The third-order valence-corrected chi connectivity index (χ3v) is 4.91. The predicted octanol–water partition coefficient (Wildman–Crippen LogP) is 4.49. The summed E-state index contributed by atoms with van der Waals surface area (Å²) in [7, 11) is 0. The fourth-order valence-electron chi connectivity index (χ4n) is 3.29. The lowest BCUT2D eigenvalue weighted by atomic mass is 10.1. The molecule has 0 aliphatic rings. The Kier molecular flexibility index (Phi) is 4.98. The van der Waals surface area contributed by atoms with Gasteiger partial charge in [0, 0.05) is 11.6 Å². The molecule has 0 aliphatic carbocycles. The smallest absolute Gasteiger partial charge is 0.338 e. The Bertz CT molecular complexity index is 1320. The van der Waals surface area contributed by atoms with Gasteiger partial charge in [-0.1, -0.05) is 65.0 Å². The maximum Gasteiger partial charge on any atom is 0.338 e. The first-order valence-corrected chi connectivity index (χ1v) is 9.81. The lowest BCUT2D eigenvalue weighted by molar-refractivity contribution is 0.0464. The molecular weight excluding hydrogens is 392 g/mol. The van der Waals surface area contributed by atoms with E-state index in [0.29, 0.717) is 23.6 Å². The van der Waals surface area contributed by atoms with Gasteiger partial charge in [0.2, 0.25) is 0 Å². The van der Waals surface area contributed by atoms with E-state index in [2.05, 4.69) is 15.5 Å². The van der Waals surface area contributed by atoms with Crippen LogP contribution in [0.3, 0.4) is 0 Å². The first kappa shape index (κ1) is 18.7. The van der Waals surface area contributed by atoms with Gasteiger partial charge in [-0.05, 0) is 29.8 Å². The third kappa shape index (κ3) is 4.06. The number of fused-ring (bicyclic) bond motifs is 1. The van der Waals surface area contributed by atoms with Gasteiger partial charge in [-0.15, -0.1) is 5.10 Å². The second-order valence-corrected chi connectivity index (χ2v) is 7.06. The summed E-state index contributed by atoms with van der Waals surface area (Å²) in [6.45, 7) is 0.610. The molecule has 0 bridgehead atoms. The molecule has 0 saturated heterocycles. The SMILES string of the molecule is O=C(OCc1cc(-c2ccccc2)on1)c1ccc(Cn2nnc3ccccc32)cc1. The Hall–Kier alpha value is -4.26. The molecule has 0 saturated carbocycles. The predicted molar refractivity (Wildman–Crippen MR) is 114 cm³/mol. The normalized spacial score (nSPS) is 11.0. The van der Waals surface area contributed by atoms with Crippen molar-refractivity contribution in [2.75, 3.05) is 0 Å². The zero-order valence-electron chi connectivity index (χ0n) is 16.5. The van der Waals surface area contributed by atoms with Crippen molar-refractivity contribution in [1.29, 1.82) is 0 Å². The molecule has 0 unspecified atom stereocenters. The van der Waals surface area contributed by atoms with E-state index in [1.165, 1.54) is 0 Å². The number of ether oxygens (including phenoxy) is 1. The third-order valence-electron chi connectivity index (χ3n) is 4.91. The molecule has 0 spiro atoms. The number of nitrogens with zero attached hydrogens (tertiary/aromatic N) is 4. The summed E-state index contributed by atoms with van der Waals surface area (Å²) in [5.41, 5.74) is 4.78. The molecule has 152 valence electrons. The summed E-state index contributed by atoms with van der Waals surface area (Å²) in [5, 5.41) is 12.3. The minimum atomic E-state index is -0.415. The van der Waals surface area contributed by atoms with E-state index in [9.17, 15) is 4.79 Å². The van der Waals surface area contributed by atoms with Crippen LogP contribution in [0.5, 0.6) is 0 Å². The molecule has 2 heterocycles. The number of benzene rings is 3. The van der Waals surface area contributed by atoms with Crippen molar-refractivity contribution in [2.24, 2.45) is 0 Å². The Morgan fingerprint density at radius 2 is 1.71 bits per heavy atom. The van der Waals surface area contributed by atoms with Crippen LogP contribution in [0.2, 0.25) is 0 Å². The van der Waals surface area contributed by atoms with Gasteiger partial charge >= 0.3 is 5.97 Å². The lowest BCUT2D eigenvalue weighted by Crippen LogP contribution is -2.06. The van der Waals surface area contributed by atoms with Crippen molar-refractivity contribution in [3.05, 3.63) is 102 Å². The number of carbonyl (C=O) groups is 1. The van der Waals surface area contributed by atoms with E-state index >= 15 is 0 Å². The van der Waals surface area contributed by atoms with Crippen LogP contribution >= 0.6 is 0 Å². The number of rotatable bonds is 6. The summed E-state index contributed by atoms with van der Waals surface area (Å²) in [4.78, 5) is 12.4. The Morgan fingerprint density at radius 1 is 0.935 bits per heavy atom. The highest BCUT2D eigenvalue weighted by atomic mass is 16.5. The first-order chi connectivity index (χ1) is 15.3. The molecule has 0 aliphatic heterocycles. The van der Waals surface area contributed by atoms with Crippen LogP contribution in [0.4, 0.5) is 0 Å². The first-order valence-electron chi connectivity index (χ1n) is 9.81. The summed E-state index contributed by atoms with van der Waals surface area (Å²) in [6, 6.07) is 26.5. The molecule has 0 atom stereocenters. The maximum atomic E-state index is 12.4. The monoisotopic (exact) mass is 410 g/mol. The molecule has 0 N–H and O–H groups in total. The summed E-state index contributed by atoms with van der Waals surface area (Å²) in [5.74, 6) is 0.221. The van der Waals surface area contributed by atoms with Crippen LogP contribution < -0.4 is 0 Å². The van der Waals surface area contributed by atoms with Crippen molar-refractivity contribution in [3.63, 3.8) is 0 Å². The van der Waals surface area contributed by atoms with Crippen LogP contribution in [0, 0.1) is 0 Å². The zero-order valence-corrected chi connectivity index (χ0v) is 16.5. The quantitative estimate of drug-likeness (QED) is 0.384. The van der Waals surface area contributed by atoms with Crippen molar-refractivity contribution in [3.8, 4) is 11.3 Å². The molecule has 5 aromatic rings. The van der Waals surface area contributed by atoms with Gasteiger partial charge in [0.05, 0.1) is 17.6 Å². The Morgan fingerprint density at radius 3 is 2.55 bits per heavy atom. The van der Waals surface area contributed by atoms with Crippen LogP contribution in [-0.4, -0.2) is 26.1 Å². The minimum Gasteiger partial charge on any atom is -0.455 e. The second kappa shape index (κ2) is 8.23. The molecule has 3 aromatic carbocycles. The fraction of sp³-hybridized carbons (Fsp3) is 0.0833. The summed E-state index contributed by atoms with van der Waals surface area (Å²) in [6.07, 6.45) is 0. The van der Waals surface area contributed by atoms with E-state index < -0.39 is 5.97 Å². The standard InChI is InChI=1S/C24H18N4O3/c29-24(30-16-20-14-23(31-26-20)18-6-2-1-3-7-18)19-12-10-17(11-13-19)15-28-22-9-5-4-8-21(22)25-27-28/h1-14H,15-16H2.